The molecule has 1 rings (SSSR count). The van der Waals surface area contributed by atoms with Crippen LogP contribution in [-0.4, -0.2) is 27.9 Å². The molecular weight excluding hydrogens is 302 g/mol. The van der Waals surface area contributed by atoms with E-state index in [1.165, 1.54) is 6.20 Å². The molecule has 22 heavy (non-hydrogen) atoms. The van der Waals surface area contributed by atoms with Gasteiger partial charge in [0.25, 0.3) is 10.0 Å². The molecule has 0 saturated carbocycles. The standard InChI is InChI=1S/C16H25NO4S/c1-3-20-16(21-4-2)13-9-6-10-14-17-22(18,19)15-11-7-5-8-12-15/h5,7-8,10-12,14,16-17H,3-4,6,9,13H2,1-2H3. The molecule has 1 aromatic carbocycles. The van der Waals surface area contributed by atoms with Gasteiger partial charge in [0.05, 0.1) is 4.90 Å². The van der Waals surface area contributed by atoms with Crippen molar-refractivity contribution in [3.05, 3.63) is 42.6 Å². The maximum Gasteiger partial charge on any atom is 0.261 e. The topological polar surface area (TPSA) is 64.6 Å². The van der Waals surface area contributed by atoms with E-state index in [1.807, 2.05) is 13.8 Å². The smallest absolute Gasteiger partial charge is 0.261 e. The van der Waals surface area contributed by atoms with Gasteiger partial charge in [-0.2, -0.15) is 0 Å². The predicted octanol–water partition coefficient (Wildman–Crippen LogP) is 3.05. The van der Waals surface area contributed by atoms with Crippen molar-refractivity contribution in [1.82, 2.24) is 4.72 Å². The third kappa shape index (κ3) is 7.06. The molecule has 0 aromatic heterocycles. The maximum absolute atomic E-state index is 11.9. The van der Waals surface area contributed by atoms with Gasteiger partial charge in [0.1, 0.15) is 0 Å². The molecule has 0 spiro atoms. The fourth-order valence-corrected chi connectivity index (χ4v) is 2.80. The summed E-state index contributed by atoms with van der Waals surface area (Å²) in [5, 5.41) is 0. The fourth-order valence-electron chi connectivity index (χ4n) is 1.88. The van der Waals surface area contributed by atoms with Crippen LogP contribution in [0.1, 0.15) is 33.1 Å². The number of nitrogens with one attached hydrogen (secondary N) is 1. The lowest BCUT2D eigenvalue weighted by molar-refractivity contribution is -0.139. The SMILES string of the molecule is CCOC(CCCC=CNS(=O)(=O)c1ccccc1)OCC. The second-order valence-electron chi connectivity index (χ2n) is 4.61. The van der Waals surface area contributed by atoms with Crippen molar-refractivity contribution in [3.63, 3.8) is 0 Å². The van der Waals surface area contributed by atoms with Gasteiger partial charge in [-0.05, 0) is 45.2 Å². The predicted molar refractivity (Wildman–Crippen MR) is 86.8 cm³/mol. The van der Waals surface area contributed by atoms with Gasteiger partial charge in [0.2, 0.25) is 0 Å². The van der Waals surface area contributed by atoms with Gasteiger partial charge in [0.15, 0.2) is 6.29 Å². The van der Waals surface area contributed by atoms with Crippen molar-refractivity contribution < 1.29 is 17.9 Å². The molecule has 124 valence electrons. The van der Waals surface area contributed by atoms with Gasteiger partial charge in [-0.1, -0.05) is 24.3 Å². The maximum atomic E-state index is 11.9. The van der Waals surface area contributed by atoms with Crippen molar-refractivity contribution in [2.24, 2.45) is 0 Å². The Morgan fingerprint density at radius 1 is 1.14 bits per heavy atom. The number of hydrogen-bond donors (Lipinski definition) is 1. The third-order valence-corrected chi connectivity index (χ3v) is 4.25. The van der Waals surface area contributed by atoms with E-state index in [0.717, 1.165) is 19.3 Å². The molecule has 0 aliphatic rings. The van der Waals surface area contributed by atoms with Crippen LogP contribution in [0, 0.1) is 0 Å². The van der Waals surface area contributed by atoms with Crippen molar-refractivity contribution >= 4 is 10.0 Å². The average Bonchev–Trinajstić information content (AvgIpc) is 2.52. The highest BCUT2D eigenvalue weighted by molar-refractivity contribution is 7.89. The minimum atomic E-state index is -3.47. The molecule has 0 atom stereocenters. The zero-order valence-electron chi connectivity index (χ0n) is 13.2. The largest absolute Gasteiger partial charge is 0.353 e. The lowest BCUT2D eigenvalue weighted by Crippen LogP contribution is -2.18. The van der Waals surface area contributed by atoms with Gasteiger partial charge in [0, 0.05) is 19.4 Å². The number of hydrogen-bond acceptors (Lipinski definition) is 4. The highest BCUT2D eigenvalue weighted by Gasteiger charge is 2.10. The van der Waals surface area contributed by atoms with Crippen LogP contribution in [0.2, 0.25) is 0 Å². The second kappa shape index (κ2) is 10.4. The van der Waals surface area contributed by atoms with Gasteiger partial charge in [-0.15, -0.1) is 0 Å². The Balaban J connectivity index is 2.32. The minimum absolute atomic E-state index is 0.176. The van der Waals surface area contributed by atoms with E-state index in [-0.39, 0.29) is 11.2 Å². The number of rotatable bonds is 11. The van der Waals surface area contributed by atoms with Gasteiger partial charge < -0.3 is 9.47 Å². The molecule has 1 aromatic rings. The number of allylic oxidation sites excluding steroid dienone is 1. The van der Waals surface area contributed by atoms with E-state index >= 15 is 0 Å². The van der Waals surface area contributed by atoms with E-state index in [2.05, 4.69) is 4.72 Å². The van der Waals surface area contributed by atoms with Crippen LogP contribution in [0.4, 0.5) is 0 Å². The zero-order valence-corrected chi connectivity index (χ0v) is 14.0. The Kier molecular flexibility index (Phi) is 8.81. The summed E-state index contributed by atoms with van der Waals surface area (Å²) >= 11 is 0. The summed E-state index contributed by atoms with van der Waals surface area (Å²) in [6.07, 6.45) is 5.51. The number of ether oxygens (including phenoxy) is 2. The number of benzene rings is 1. The first kappa shape index (κ1) is 18.7. The third-order valence-electron chi connectivity index (χ3n) is 2.91. The monoisotopic (exact) mass is 327 g/mol. The lowest BCUT2D eigenvalue weighted by Gasteiger charge is -2.16. The van der Waals surface area contributed by atoms with Crippen LogP contribution in [0.3, 0.4) is 0 Å². The fraction of sp³-hybridized carbons (Fsp3) is 0.500. The molecular formula is C16H25NO4S. The van der Waals surface area contributed by atoms with Crippen molar-refractivity contribution in [3.8, 4) is 0 Å². The summed E-state index contributed by atoms with van der Waals surface area (Å²) in [5.74, 6) is 0. The van der Waals surface area contributed by atoms with Gasteiger partial charge in [-0.3, -0.25) is 4.72 Å². The summed E-state index contributed by atoms with van der Waals surface area (Å²) < 4.78 is 37.2. The molecule has 0 aliphatic heterocycles. The van der Waals surface area contributed by atoms with Crippen molar-refractivity contribution in [1.29, 1.82) is 0 Å². The Bertz CT molecular complexity index is 522. The first-order valence-electron chi connectivity index (χ1n) is 7.55. The quantitative estimate of drug-likeness (QED) is 0.501. The van der Waals surface area contributed by atoms with E-state index in [1.54, 1.807) is 36.4 Å². The molecule has 1 N–H and O–H groups in total. The summed E-state index contributed by atoms with van der Waals surface area (Å²) in [6, 6.07) is 8.29. The average molecular weight is 327 g/mol. The molecule has 0 fully saturated rings. The highest BCUT2D eigenvalue weighted by atomic mass is 32.2. The lowest BCUT2D eigenvalue weighted by atomic mass is 10.2. The molecule has 5 nitrogen and oxygen atoms in total. The summed E-state index contributed by atoms with van der Waals surface area (Å²) in [7, 11) is -3.47. The van der Waals surface area contributed by atoms with E-state index in [0.29, 0.717) is 13.2 Å². The first-order chi connectivity index (χ1) is 10.6. The summed E-state index contributed by atoms with van der Waals surface area (Å²) in [6.45, 7) is 5.11. The molecule has 6 heteroatoms. The molecule has 0 aliphatic carbocycles. The van der Waals surface area contributed by atoms with Gasteiger partial charge in [-0.25, -0.2) is 8.42 Å². The molecule has 0 radical (unpaired) electrons. The summed E-state index contributed by atoms with van der Waals surface area (Å²) in [4.78, 5) is 0.257. The Morgan fingerprint density at radius 3 is 2.36 bits per heavy atom. The van der Waals surface area contributed by atoms with Crippen molar-refractivity contribution in [2.75, 3.05) is 13.2 Å². The summed E-state index contributed by atoms with van der Waals surface area (Å²) in [5.41, 5.74) is 0. The number of unbranched alkanes of at least 4 members (excludes halogenated alkanes) is 1. The van der Waals surface area contributed by atoms with Crippen LogP contribution in [0.15, 0.2) is 47.5 Å². The molecule has 0 saturated heterocycles. The van der Waals surface area contributed by atoms with Crippen LogP contribution < -0.4 is 4.72 Å². The van der Waals surface area contributed by atoms with Crippen molar-refractivity contribution in [2.45, 2.75) is 44.3 Å². The highest BCUT2D eigenvalue weighted by Crippen LogP contribution is 2.09. The van der Waals surface area contributed by atoms with Gasteiger partial charge >= 0.3 is 0 Å². The minimum Gasteiger partial charge on any atom is -0.353 e. The van der Waals surface area contributed by atoms with Crippen LogP contribution in [0.5, 0.6) is 0 Å². The molecule has 0 heterocycles. The molecule has 0 unspecified atom stereocenters. The Hall–Kier alpha value is -1.37. The first-order valence-corrected chi connectivity index (χ1v) is 9.04. The molecule has 0 amide bonds. The van der Waals surface area contributed by atoms with Crippen LogP contribution in [-0.2, 0) is 19.5 Å². The van der Waals surface area contributed by atoms with E-state index in [4.69, 9.17) is 9.47 Å². The molecule has 0 bridgehead atoms. The Labute approximate surface area is 133 Å². The van der Waals surface area contributed by atoms with Crippen LogP contribution in [0.25, 0.3) is 0 Å². The van der Waals surface area contributed by atoms with E-state index < -0.39 is 10.0 Å². The van der Waals surface area contributed by atoms with Crippen LogP contribution >= 0.6 is 0 Å². The number of sulfonamides is 1. The Morgan fingerprint density at radius 2 is 1.77 bits per heavy atom. The van der Waals surface area contributed by atoms with E-state index in [9.17, 15) is 8.42 Å². The second-order valence-corrected chi connectivity index (χ2v) is 6.32. The normalized spacial score (nSPS) is 12.1. The zero-order chi connectivity index (χ0) is 16.3.